The Morgan fingerprint density at radius 1 is 1.20 bits per heavy atom. The maximum absolute atomic E-state index is 11.4. The van der Waals surface area contributed by atoms with E-state index in [0.29, 0.717) is 21.8 Å². The van der Waals surface area contributed by atoms with Gasteiger partial charge < -0.3 is 0 Å². The highest BCUT2D eigenvalue weighted by atomic mass is 16.2. The summed E-state index contributed by atoms with van der Waals surface area (Å²) >= 11 is 0. The van der Waals surface area contributed by atoms with E-state index in [-0.39, 0.29) is 0 Å². The highest BCUT2D eigenvalue weighted by Crippen LogP contribution is 2.10. The smallest absolute Gasteiger partial charge is 0.272 e. The number of rotatable bonds is 0. The summed E-state index contributed by atoms with van der Waals surface area (Å²) in [6.07, 6.45) is 1.49. The number of hydrogen-bond acceptors (Lipinski definition) is 4. The largest absolute Gasteiger partial charge is 0.348 e. The fourth-order valence-corrected chi connectivity index (χ4v) is 1.56. The molecule has 72 valence electrons. The molecular weight excluding hydrogens is 196 g/mol. The molecule has 1 N–H and O–H groups in total. The zero-order valence-corrected chi connectivity index (χ0v) is 7.39. The molecule has 0 saturated carbocycles. The summed E-state index contributed by atoms with van der Waals surface area (Å²) in [6.45, 7) is 0. The first-order valence-electron chi connectivity index (χ1n) is 4.24. The van der Waals surface area contributed by atoms with Gasteiger partial charge in [-0.3, -0.25) is 10.1 Å². The SMILES string of the molecule is O=C1N=c2c(ccc3c2=CN=N3)C(=O)N1. The highest BCUT2D eigenvalue weighted by Gasteiger charge is 2.19. The van der Waals surface area contributed by atoms with Crippen LogP contribution in [-0.4, -0.2) is 11.9 Å². The molecule has 3 amide bonds. The van der Waals surface area contributed by atoms with Crippen LogP contribution in [0.2, 0.25) is 0 Å². The van der Waals surface area contributed by atoms with Crippen molar-refractivity contribution in [1.29, 1.82) is 0 Å². The summed E-state index contributed by atoms with van der Waals surface area (Å²) in [5, 5.41) is 10.6. The molecule has 0 atom stereocenters. The number of hydrogen-bond donors (Lipinski definition) is 1. The zero-order valence-electron chi connectivity index (χ0n) is 7.39. The van der Waals surface area contributed by atoms with Crippen molar-refractivity contribution in [3.8, 4) is 0 Å². The van der Waals surface area contributed by atoms with E-state index in [1.165, 1.54) is 6.20 Å². The number of urea groups is 1. The fraction of sp³-hybridized carbons (Fsp3) is 0. The summed E-state index contributed by atoms with van der Waals surface area (Å²) in [4.78, 5) is 26.2. The molecule has 6 nitrogen and oxygen atoms in total. The first-order chi connectivity index (χ1) is 7.25. The summed E-state index contributed by atoms with van der Waals surface area (Å²) in [5.41, 5.74) is 0.997. The lowest BCUT2D eigenvalue weighted by atomic mass is 10.1. The van der Waals surface area contributed by atoms with Crippen LogP contribution in [0.1, 0.15) is 10.4 Å². The van der Waals surface area contributed by atoms with Crippen molar-refractivity contribution in [2.45, 2.75) is 0 Å². The Morgan fingerprint density at radius 3 is 2.93 bits per heavy atom. The second kappa shape index (κ2) is 2.57. The van der Waals surface area contributed by atoms with E-state index in [1.54, 1.807) is 12.1 Å². The number of fused-ring (bicyclic) bond motifs is 3. The summed E-state index contributed by atoms with van der Waals surface area (Å²) in [6, 6.07) is 2.60. The van der Waals surface area contributed by atoms with Gasteiger partial charge in [-0.2, -0.15) is 15.2 Å². The van der Waals surface area contributed by atoms with Crippen LogP contribution < -0.4 is 15.9 Å². The van der Waals surface area contributed by atoms with Gasteiger partial charge in [0.2, 0.25) is 0 Å². The minimum Gasteiger partial charge on any atom is -0.272 e. The van der Waals surface area contributed by atoms with Crippen LogP contribution in [0.4, 0.5) is 10.5 Å². The van der Waals surface area contributed by atoms with Crippen LogP contribution >= 0.6 is 0 Å². The Kier molecular flexibility index (Phi) is 1.37. The van der Waals surface area contributed by atoms with Gasteiger partial charge in [-0.1, -0.05) is 0 Å². The fourth-order valence-electron chi connectivity index (χ4n) is 1.56. The van der Waals surface area contributed by atoms with Crippen molar-refractivity contribution in [2.75, 3.05) is 0 Å². The predicted molar refractivity (Wildman–Crippen MR) is 49.1 cm³/mol. The zero-order chi connectivity index (χ0) is 10.4. The third-order valence-electron chi connectivity index (χ3n) is 2.22. The third kappa shape index (κ3) is 1.01. The number of carbonyl (C=O) groups excluding carboxylic acids is 2. The lowest BCUT2D eigenvalue weighted by Crippen LogP contribution is -2.43. The van der Waals surface area contributed by atoms with Crippen molar-refractivity contribution in [1.82, 2.24) is 5.32 Å². The van der Waals surface area contributed by atoms with Crippen LogP contribution in [0.3, 0.4) is 0 Å². The third-order valence-corrected chi connectivity index (χ3v) is 2.22. The highest BCUT2D eigenvalue weighted by molar-refractivity contribution is 6.06. The Hall–Kier alpha value is -2.37. The standard InChI is InChI=1S/C9H4N4O2/c14-8-4-1-2-6-5(3-10-13-6)7(4)11-9(15)12-8/h1-3H,(H,12,14,15). The summed E-state index contributed by atoms with van der Waals surface area (Å²) in [7, 11) is 0. The number of amides is 3. The minimum absolute atomic E-state index is 0.353. The topological polar surface area (TPSA) is 83.2 Å². The number of benzene rings is 1. The van der Waals surface area contributed by atoms with Crippen LogP contribution in [0.5, 0.6) is 0 Å². The van der Waals surface area contributed by atoms with Gasteiger partial charge >= 0.3 is 6.03 Å². The first kappa shape index (κ1) is 7.98. The molecule has 0 saturated heterocycles. The molecule has 0 bridgehead atoms. The Bertz CT molecular complexity index is 645. The van der Waals surface area contributed by atoms with Crippen molar-refractivity contribution in [2.24, 2.45) is 15.2 Å². The lowest BCUT2D eigenvalue weighted by Gasteiger charge is -2.07. The van der Waals surface area contributed by atoms with Crippen molar-refractivity contribution in [3.05, 3.63) is 28.3 Å². The summed E-state index contributed by atoms with van der Waals surface area (Å²) < 4.78 is 0. The van der Waals surface area contributed by atoms with Gasteiger partial charge in [0, 0.05) is 5.22 Å². The molecule has 6 heteroatoms. The molecule has 3 rings (SSSR count). The molecule has 0 unspecified atom stereocenters. The van der Waals surface area contributed by atoms with Crippen molar-refractivity contribution in [3.63, 3.8) is 0 Å². The molecule has 0 aromatic heterocycles. The molecule has 1 aromatic rings. The van der Waals surface area contributed by atoms with E-state index in [4.69, 9.17) is 0 Å². The molecule has 0 spiro atoms. The van der Waals surface area contributed by atoms with Gasteiger partial charge in [-0.25, -0.2) is 4.79 Å². The van der Waals surface area contributed by atoms with E-state index in [9.17, 15) is 9.59 Å². The number of nitrogens with one attached hydrogen (secondary N) is 1. The van der Waals surface area contributed by atoms with E-state index in [0.717, 1.165) is 0 Å². The molecular formula is C9H4N4O2. The van der Waals surface area contributed by atoms with Crippen LogP contribution in [0.15, 0.2) is 27.4 Å². The number of imide groups is 1. The van der Waals surface area contributed by atoms with Gasteiger partial charge in [0.15, 0.2) is 0 Å². The maximum atomic E-state index is 11.4. The quantitative estimate of drug-likeness (QED) is 0.639. The predicted octanol–water partition coefficient (Wildman–Crippen LogP) is 0.00490. The monoisotopic (exact) mass is 200 g/mol. The first-order valence-corrected chi connectivity index (χ1v) is 4.24. The van der Waals surface area contributed by atoms with Crippen LogP contribution in [0, 0.1) is 0 Å². The molecule has 15 heavy (non-hydrogen) atoms. The van der Waals surface area contributed by atoms with Gasteiger partial charge in [0.25, 0.3) is 5.91 Å². The molecule has 0 aliphatic carbocycles. The molecule has 2 aliphatic rings. The normalized spacial score (nSPS) is 16.3. The second-order valence-corrected chi connectivity index (χ2v) is 3.11. The summed E-state index contributed by atoms with van der Waals surface area (Å²) in [5.74, 6) is -0.437. The van der Waals surface area contributed by atoms with Crippen LogP contribution in [-0.2, 0) is 0 Å². The van der Waals surface area contributed by atoms with Gasteiger partial charge in [-0.05, 0) is 12.1 Å². The molecule has 2 heterocycles. The molecule has 1 aromatic carbocycles. The number of azo groups is 1. The second-order valence-electron chi connectivity index (χ2n) is 3.11. The van der Waals surface area contributed by atoms with Gasteiger partial charge in [0.05, 0.1) is 22.8 Å². The Labute approximate surface area is 83.0 Å². The number of carbonyl (C=O) groups is 2. The lowest BCUT2D eigenvalue weighted by molar-refractivity contribution is 0.0960. The van der Waals surface area contributed by atoms with E-state index >= 15 is 0 Å². The molecule has 0 fully saturated rings. The van der Waals surface area contributed by atoms with E-state index < -0.39 is 11.9 Å². The molecule has 2 aliphatic heterocycles. The van der Waals surface area contributed by atoms with Crippen molar-refractivity contribution >= 4 is 23.8 Å². The molecule has 0 radical (unpaired) electrons. The van der Waals surface area contributed by atoms with Crippen LogP contribution in [0.25, 0.3) is 6.20 Å². The minimum atomic E-state index is -0.652. The van der Waals surface area contributed by atoms with E-state index in [2.05, 4.69) is 20.5 Å². The Balaban J connectivity index is 2.50. The Morgan fingerprint density at radius 2 is 2.07 bits per heavy atom. The average Bonchev–Trinajstić information content (AvgIpc) is 2.65. The number of nitrogens with zero attached hydrogens (tertiary/aromatic N) is 3. The van der Waals surface area contributed by atoms with Gasteiger partial charge in [-0.15, -0.1) is 0 Å². The average molecular weight is 200 g/mol. The van der Waals surface area contributed by atoms with E-state index in [1.807, 2.05) is 0 Å². The maximum Gasteiger partial charge on any atom is 0.348 e. The van der Waals surface area contributed by atoms with Crippen molar-refractivity contribution < 1.29 is 9.59 Å². The van der Waals surface area contributed by atoms with Gasteiger partial charge in [0.1, 0.15) is 0 Å².